The minimum Gasteiger partial charge on any atom is -0.313 e. The van der Waals surface area contributed by atoms with Crippen molar-refractivity contribution in [2.24, 2.45) is 5.92 Å². The Balaban J connectivity index is 2.08. The maximum Gasteiger partial charge on any atom is 0.146 e. The number of nitrogens with one attached hydrogen (secondary N) is 1. The zero-order valence-corrected chi connectivity index (χ0v) is 10.2. The van der Waals surface area contributed by atoms with Crippen LogP contribution in [0.15, 0.2) is 18.2 Å². The van der Waals surface area contributed by atoms with E-state index in [4.69, 9.17) is 11.6 Å². The molecule has 2 rings (SSSR count). The monoisotopic (exact) mass is 241 g/mol. The summed E-state index contributed by atoms with van der Waals surface area (Å²) in [6, 6.07) is 5.30. The van der Waals surface area contributed by atoms with E-state index in [1.165, 1.54) is 19.3 Å². The summed E-state index contributed by atoms with van der Waals surface area (Å²) in [6.45, 7) is 0. The lowest BCUT2D eigenvalue weighted by molar-refractivity contribution is 0.480. The lowest BCUT2D eigenvalue weighted by Crippen LogP contribution is -2.18. The van der Waals surface area contributed by atoms with Crippen molar-refractivity contribution in [1.29, 1.82) is 0 Å². The number of halogens is 2. The highest BCUT2D eigenvalue weighted by molar-refractivity contribution is 6.30. The number of hydrogen-bond acceptors (Lipinski definition) is 1. The standard InChI is InChI=1S/C13H17ClFN/c1-16-12(8-7-9-5-6-9)10-3-2-4-11(14)13(10)15/h2-4,9,12,16H,5-8H2,1H3. The van der Waals surface area contributed by atoms with Gasteiger partial charge in [0.15, 0.2) is 0 Å². The van der Waals surface area contributed by atoms with Crippen molar-refractivity contribution >= 4 is 11.6 Å². The zero-order chi connectivity index (χ0) is 11.5. The third-order valence-electron chi connectivity index (χ3n) is 3.27. The Morgan fingerprint density at radius 2 is 2.25 bits per heavy atom. The molecule has 0 spiro atoms. The van der Waals surface area contributed by atoms with Crippen LogP contribution in [0, 0.1) is 11.7 Å². The summed E-state index contributed by atoms with van der Waals surface area (Å²) in [4.78, 5) is 0. The molecule has 1 unspecified atom stereocenters. The van der Waals surface area contributed by atoms with Crippen LogP contribution in [-0.4, -0.2) is 7.05 Å². The van der Waals surface area contributed by atoms with E-state index in [1.807, 2.05) is 19.2 Å². The van der Waals surface area contributed by atoms with Gasteiger partial charge in [0, 0.05) is 11.6 Å². The molecule has 1 aromatic carbocycles. The largest absolute Gasteiger partial charge is 0.313 e. The van der Waals surface area contributed by atoms with Crippen LogP contribution in [0.3, 0.4) is 0 Å². The summed E-state index contributed by atoms with van der Waals surface area (Å²) in [5.74, 6) is 0.595. The Labute approximate surface area is 101 Å². The Bertz CT molecular complexity index is 363. The lowest BCUT2D eigenvalue weighted by Gasteiger charge is -2.17. The first kappa shape index (κ1) is 11.9. The van der Waals surface area contributed by atoms with Crippen molar-refractivity contribution in [3.63, 3.8) is 0 Å². The van der Waals surface area contributed by atoms with Crippen LogP contribution in [0.1, 0.15) is 37.3 Å². The van der Waals surface area contributed by atoms with E-state index in [1.54, 1.807) is 6.07 Å². The highest BCUT2D eigenvalue weighted by atomic mass is 35.5. The molecule has 1 atom stereocenters. The molecule has 3 heteroatoms. The second kappa shape index (κ2) is 5.15. The van der Waals surface area contributed by atoms with Gasteiger partial charge < -0.3 is 5.32 Å². The third kappa shape index (κ3) is 2.74. The average Bonchev–Trinajstić information content (AvgIpc) is 3.08. The highest BCUT2D eigenvalue weighted by Gasteiger charge is 2.23. The van der Waals surface area contributed by atoms with Gasteiger partial charge in [-0.05, 0) is 31.9 Å². The second-order valence-corrected chi connectivity index (χ2v) is 4.91. The van der Waals surface area contributed by atoms with Crippen LogP contribution in [0.25, 0.3) is 0 Å². The number of benzene rings is 1. The van der Waals surface area contributed by atoms with E-state index in [0.29, 0.717) is 5.56 Å². The van der Waals surface area contributed by atoms with E-state index in [0.717, 1.165) is 12.3 Å². The van der Waals surface area contributed by atoms with E-state index >= 15 is 0 Å². The van der Waals surface area contributed by atoms with Crippen LogP contribution in [0.4, 0.5) is 4.39 Å². The van der Waals surface area contributed by atoms with Crippen molar-refractivity contribution in [2.45, 2.75) is 31.7 Å². The van der Waals surface area contributed by atoms with Gasteiger partial charge in [0.05, 0.1) is 5.02 Å². The molecule has 0 heterocycles. The van der Waals surface area contributed by atoms with Gasteiger partial charge >= 0.3 is 0 Å². The molecule has 1 aliphatic rings. The molecule has 88 valence electrons. The number of rotatable bonds is 5. The normalized spacial score (nSPS) is 17.4. The molecule has 1 nitrogen and oxygen atoms in total. The third-order valence-corrected chi connectivity index (χ3v) is 3.56. The molecule has 16 heavy (non-hydrogen) atoms. The fraction of sp³-hybridized carbons (Fsp3) is 0.538. The van der Waals surface area contributed by atoms with Crippen molar-refractivity contribution in [3.8, 4) is 0 Å². The Kier molecular flexibility index (Phi) is 3.82. The first-order valence-corrected chi connectivity index (χ1v) is 6.21. The smallest absolute Gasteiger partial charge is 0.146 e. The van der Waals surface area contributed by atoms with Gasteiger partial charge in [0.2, 0.25) is 0 Å². The Hall–Kier alpha value is -0.600. The molecular weight excluding hydrogens is 225 g/mol. The maximum atomic E-state index is 13.8. The predicted molar refractivity (Wildman–Crippen MR) is 65.2 cm³/mol. The van der Waals surface area contributed by atoms with Gasteiger partial charge in [-0.15, -0.1) is 0 Å². The van der Waals surface area contributed by atoms with Crippen molar-refractivity contribution in [3.05, 3.63) is 34.6 Å². The summed E-state index contributed by atoms with van der Waals surface area (Å²) in [7, 11) is 1.87. The van der Waals surface area contributed by atoms with Crippen molar-refractivity contribution < 1.29 is 4.39 Å². The topological polar surface area (TPSA) is 12.0 Å². The molecule has 0 aliphatic heterocycles. The second-order valence-electron chi connectivity index (χ2n) is 4.51. The molecule has 1 aliphatic carbocycles. The highest BCUT2D eigenvalue weighted by Crippen LogP contribution is 2.36. The zero-order valence-electron chi connectivity index (χ0n) is 9.47. The fourth-order valence-corrected chi connectivity index (χ4v) is 2.24. The minimum absolute atomic E-state index is 0.0827. The molecule has 0 radical (unpaired) electrons. The van der Waals surface area contributed by atoms with Gasteiger partial charge in [-0.25, -0.2) is 4.39 Å². The predicted octanol–water partition coefficient (Wildman–Crippen LogP) is 3.93. The van der Waals surface area contributed by atoms with Gasteiger partial charge in [0.25, 0.3) is 0 Å². The summed E-state index contributed by atoms with van der Waals surface area (Å²) >= 11 is 5.79. The molecule has 1 N–H and O–H groups in total. The van der Waals surface area contributed by atoms with Gasteiger partial charge in [-0.1, -0.05) is 36.6 Å². The molecule has 0 saturated heterocycles. The fourth-order valence-electron chi connectivity index (χ4n) is 2.05. The van der Waals surface area contributed by atoms with Gasteiger partial charge in [0.1, 0.15) is 5.82 Å². The molecule has 0 amide bonds. The van der Waals surface area contributed by atoms with Gasteiger partial charge in [-0.3, -0.25) is 0 Å². The lowest BCUT2D eigenvalue weighted by atomic mass is 10.00. The molecular formula is C13H17ClFN. The Morgan fingerprint density at radius 3 is 2.88 bits per heavy atom. The van der Waals surface area contributed by atoms with Crippen LogP contribution >= 0.6 is 11.6 Å². The SMILES string of the molecule is CNC(CCC1CC1)c1cccc(Cl)c1F. The summed E-state index contributed by atoms with van der Waals surface area (Å²) in [5, 5.41) is 3.38. The van der Waals surface area contributed by atoms with E-state index in [-0.39, 0.29) is 16.9 Å². The van der Waals surface area contributed by atoms with E-state index in [9.17, 15) is 4.39 Å². The van der Waals surface area contributed by atoms with Crippen LogP contribution in [0.2, 0.25) is 5.02 Å². The number of hydrogen-bond donors (Lipinski definition) is 1. The Morgan fingerprint density at radius 1 is 1.50 bits per heavy atom. The molecule has 1 fully saturated rings. The molecule has 0 aromatic heterocycles. The molecule has 1 saturated carbocycles. The quantitative estimate of drug-likeness (QED) is 0.824. The summed E-state index contributed by atoms with van der Waals surface area (Å²) < 4.78 is 13.8. The summed E-state index contributed by atoms with van der Waals surface area (Å²) in [5.41, 5.74) is 0.690. The maximum absolute atomic E-state index is 13.8. The molecule has 1 aromatic rings. The summed E-state index contributed by atoms with van der Waals surface area (Å²) in [6.07, 6.45) is 4.85. The minimum atomic E-state index is -0.278. The van der Waals surface area contributed by atoms with Crippen molar-refractivity contribution in [1.82, 2.24) is 5.32 Å². The average molecular weight is 242 g/mol. The molecule has 0 bridgehead atoms. The first-order chi connectivity index (χ1) is 7.72. The van der Waals surface area contributed by atoms with Crippen LogP contribution in [0.5, 0.6) is 0 Å². The van der Waals surface area contributed by atoms with Crippen LogP contribution < -0.4 is 5.32 Å². The van der Waals surface area contributed by atoms with Crippen molar-refractivity contribution in [2.75, 3.05) is 7.05 Å². The first-order valence-electron chi connectivity index (χ1n) is 5.83. The van der Waals surface area contributed by atoms with E-state index < -0.39 is 0 Å². The van der Waals surface area contributed by atoms with Gasteiger partial charge in [-0.2, -0.15) is 0 Å². The van der Waals surface area contributed by atoms with Crippen LogP contribution in [-0.2, 0) is 0 Å². The van der Waals surface area contributed by atoms with E-state index in [2.05, 4.69) is 5.32 Å².